The number of aromatic nitrogens is 3. The Hall–Kier alpha value is -7.69. The maximum Gasteiger partial charge on any atom is 0.160 e. The molecule has 0 N–H and O–H groups in total. The van der Waals surface area contributed by atoms with Gasteiger partial charge in [-0.05, 0) is 93.7 Å². The molecule has 11 aromatic rings. The van der Waals surface area contributed by atoms with E-state index in [2.05, 4.69) is 164 Å². The predicted molar refractivity (Wildman–Crippen MR) is 235 cm³/mol. The molecule has 0 unspecified atom stereocenters. The van der Waals surface area contributed by atoms with E-state index < -0.39 is 0 Å². The number of hydrogen-bond acceptors (Lipinski definition) is 4. The lowest BCUT2D eigenvalue weighted by Gasteiger charge is -2.14. The fourth-order valence-corrected chi connectivity index (χ4v) is 7.89. The molecule has 0 spiro atoms. The molecule has 0 aliphatic rings. The van der Waals surface area contributed by atoms with Crippen molar-refractivity contribution in [3.8, 4) is 67.4 Å². The van der Waals surface area contributed by atoms with Gasteiger partial charge in [0.15, 0.2) is 5.82 Å². The first kappa shape index (κ1) is 32.7. The highest BCUT2D eigenvalue weighted by atomic mass is 16.3. The van der Waals surface area contributed by atoms with Gasteiger partial charge in [-0.1, -0.05) is 140 Å². The summed E-state index contributed by atoms with van der Waals surface area (Å²) in [5.74, 6) is 0.671. The Kier molecular flexibility index (Phi) is 7.78. The smallest absolute Gasteiger partial charge is 0.160 e. The summed E-state index contributed by atoms with van der Waals surface area (Å²) in [4.78, 5) is 15.7. The Labute approximate surface area is 329 Å². The van der Waals surface area contributed by atoms with Gasteiger partial charge in [-0.15, -0.1) is 0 Å². The van der Waals surface area contributed by atoms with Crippen molar-refractivity contribution >= 4 is 43.6 Å². The van der Waals surface area contributed by atoms with Crippen LogP contribution >= 0.6 is 0 Å². The van der Waals surface area contributed by atoms with E-state index in [0.717, 1.165) is 88.9 Å². The van der Waals surface area contributed by atoms with Crippen LogP contribution in [0, 0.1) is 0 Å². The molecular weight excluding hydrogens is 695 g/mol. The van der Waals surface area contributed by atoms with Gasteiger partial charge in [0.25, 0.3) is 0 Å². The average molecular weight is 728 g/mol. The first-order valence-electron chi connectivity index (χ1n) is 19.2. The molecular formula is C53H33N3O. The molecule has 266 valence electrons. The molecule has 4 nitrogen and oxygen atoms in total. The molecule has 0 fully saturated rings. The average Bonchev–Trinajstić information content (AvgIpc) is 3.66. The Morgan fingerprint density at radius 1 is 0.281 bits per heavy atom. The first-order valence-corrected chi connectivity index (χ1v) is 19.2. The summed E-state index contributed by atoms with van der Waals surface area (Å²) < 4.78 is 6.22. The van der Waals surface area contributed by atoms with Gasteiger partial charge in [0.1, 0.15) is 11.2 Å². The van der Waals surface area contributed by atoms with Crippen LogP contribution in [0.15, 0.2) is 205 Å². The molecule has 4 heteroatoms. The molecule has 11 rings (SSSR count). The number of hydrogen-bond donors (Lipinski definition) is 0. The molecule has 0 saturated carbocycles. The molecule has 0 radical (unpaired) electrons. The largest absolute Gasteiger partial charge is 0.456 e. The number of rotatable bonds is 6. The summed E-state index contributed by atoms with van der Waals surface area (Å²) in [6, 6.07) is 69.9. The van der Waals surface area contributed by atoms with Crippen molar-refractivity contribution in [2.24, 2.45) is 0 Å². The van der Waals surface area contributed by atoms with E-state index >= 15 is 0 Å². The van der Waals surface area contributed by atoms with Crippen molar-refractivity contribution in [2.75, 3.05) is 0 Å². The van der Waals surface area contributed by atoms with Crippen LogP contribution in [0.2, 0.25) is 0 Å². The highest BCUT2D eigenvalue weighted by Crippen LogP contribution is 2.38. The molecule has 3 heterocycles. The third kappa shape index (κ3) is 6.10. The van der Waals surface area contributed by atoms with Gasteiger partial charge >= 0.3 is 0 Å². The van der Waals surface area contributed by atoms with Crippen LogP contribution in [0.4, 0.5) is 0 Å². The van der Waals surface area contributed by atoms with Gasteiger partial charge in [-0.2, -0.15) is 0 Å². The van der Waals surface area contributed by atoms with Gasteiger partial charge in [-0.25, -0.2) is 15.0 Å². The number of fused-ring (bicyclic) bond motifs is 5. The first-order chi connectivity index (χ1) is 28.2. The molecule has 0 aliphatic carbocycles. The van der Waals surface area contributed by atoms with E-state index in [-0.39, 0.29) is 0 Å². The maximum atomic E-state index is 6.22. The number of nitrogens with zero attached hydrogens (tertiary/aromatic N) is 3. The zero-order valence-corrected chi connectivity index (χ0v) is 30.8. The highest BCUT2D eigenvalue weighted by Gasteiger charge is 2.16. The van der Waals surface area contributed by atoms with E-state index in [0.29, 0.717) is 5.82 Å². The SMILES string of the molecule is c1ccc(-c2ccc(-c3cc(-c4cc(-c5ccc6oc7ccccc7c6c5)cc(-c5ccc6cc7ccccc7cc6n5)c4)nc(-c4ccccc4)n3)cc2)cc1. The second-order valence-corrected chi connectivity index (χ2v) is 14.5. The fraction of sp³-hybridized carbons (Fsp3) is 0. The monoisotopic (exact) mass is 727 g/mol. The van der Waals surface area contributed by atoms with Gasteiger partial charge in [0.2, 0.25) is 0 Å². The van der Waals surface area contributed by atoms with Crippen LogP contribution in [0.5, 0.6) is 0 Å². The van der Waals surface area contributed by atoms with Crippen LogP contribution in [-0.4, -0.2) is 15.0 Å². The third-order valence-electron chi connectivity index (χ3n) is 10.8. The highest BCUT2D eigenvalue weighted by molar-refractivity contribution is 6.06. The van der Waals surface area contributed by atoms with Crippen molar-refractivity contribution < 1.29 is 4.42 Å². The lowest BCUT2D eigenvalue weighted by atomic mass is 9.95. The van der Waals surface area contributed by atoms with Gasteiger partial charge < -0.3 is 4.42 Å². The summed E-state index contributed by atoms with van der Waals surface area (Å²) >= 11 is 0. The second-order valence-electron chi connectivity index (χ2n) is 14.5. The normalized spacial score (nSPS) is 11.5. The van der Waals surface area contributed by atoms with E-state index in [4.69, 9.17) is 19.4 Å². The second kappa shape index (κ2) is 13.6. The van der Waals surface area contributed by atoms with Crippen LogP contribution in [0.25, 0.3) is 111 Å². The molecule has 0 atom stereocenters. The Balaban J connectivity index is 1.11. The van der Waals surface area contributed by atoms with Crippen LogP contribution in [-0.2, 0) is 0 Å². The summed E-state index contributed by atoms with van der Waals surface area (Å²) in [5.41, 5.74) is 13.7. The third-order valence-corrected chi connectivity index (χ3v) is 10.8. The zero-order valence-electron chi connectivity index (χ0n) is 30.8. The molecule has 0 bridgehead atoms. The standard InChI is InChI=1S/C53H33N3O/c1-3-11-34(12-4-1)35-19-21-36(22-20-35)49-33-50(56-53(55-49)37-13-5-2-6-14-37)44-29-42(40-24-26-52-46(31-40)45-17-9-10-18-51(45)57-52)28-43(30-44)47-25-23-41-27-38-15-7-8-16-39(38)32-48(41)54-47/h1-33H. The van der Waals surface area contributed by atoms with E-state index in [1.54, 1.807) is 0 Å². The van der Waals surface area contributed by atoms with Gasteiger partial charge in [0, 0.05) is 38.4 Å². The molecule has 0 amide bonds. The Bertz CT molecular complexity index is 3280. The Morgan fingerprint density at radius 2 is 0.860 bits per heavy atom. The maximum absolute atomic E-state index is 6.22. The quantitative estimate of drug-likeness (QED) is 0.160. The van der Waals surface area contributed by atoms with E-state index in [1.165, 1.54) is 16.3 Å². The summed E-state index contributed by atoms with van der Waals surface area (Å²) in [5, 5.41) is 5.66. The van der Waals surface area contributed by atoms with Crippen molar-refractivity contribution in [2.45, 2.75) is 0 Å². The fourth-order valence-electron chi connectivity index (χ4n) is 7.89. The molecule has 0 saturated heterocycles. The summed E-state index contributed by atoms with van der Waals surface area (Å²) in [6.45, 7) is 0. The predicted octanol–water partition coefficient (Wildman–Crippen LogP) is 14.1. The molecule has 0 aliphatic heterocycles. The van der Waals surface area contributed by atoms with Crippen molar-refractivity contribution in [3.63, 3.8) is 0 Å². The van der Waals surface area contributed by atoms with Crippen molar-refractivity contribution in [1.82, 2.24) is 15.0 Å². The van der Waals surface area contributed by atoms with Crippen molar-refractivity contribution in [3.05, 3.63) is 200 Å². The van der Waals surface area contributed by atoms with Crippen LogP contribution in [0.1, 0.15) is 0 Å². The number of furan rings is 1. The summed E-state index contributed by atoms with van der Waals surface area (Å²) in [6.07, 6.45) is 0. The molecule has 3 aromatic heterocycles. The van der Waals surface area contributed by atoms with E-state index in [9.17, 15) is 0 Å². The van der Waals surface area contributed by atoms with Crippen molar-refractivity contribution in [1.29, 1.82) is 0 Å². The number of benzene rings is 8. The number of pyridine rings is 1. The lowest BCUT2D eigenvalue weighted by Crippen LogP contribution is -1.97. The topological polar surface area (TPSA) is 51.8 Å². The minimum Gasteiger partial charge on any atom is -0.456 e. The van der Waals surface area contributed by atoms with Crippen LogP contribution < -0.4 is 0 Å². The minimum absolute atomic E-state index is 0.671. The minimum atomic E-state index is 0.671. The summed E-state index contributed by atoms with van der Waals surface area (Å²) in [7, 11) is 0. The Morgan fingerprint density at radius 3 is 1.65 bits per heavy atom. The zero-order chi connectivity index (χ0) is 37.7. The molecule has 8 aromatic carbocycles. The molecule has 57 heavy (non-hydrogen) atoms. The van der Waals surface area contributed by atoms with E-state index in [1.807, 2.05) is 36.4 Å². The lowest BCUT2D eigenvalue weighted by molar-refractivity contribution is 0.669. The van der Waals surface area contributed by atoms with Gasteiger partial charge in [0.05, 0.1) is 22.6 Å². The number of para-hydroxylation sites is 1. The van der Waals surface area contributed by atoms with Gasteiger partial charge in [-0.3, -0.25) is 0 Å². The van der Waals surface area contributed by atoms with Crippen LogP contribution in [0.3, 0.4) is 0 Å².